The summed E-state index contributed by atoms with van der Waals surface area (Å²) in [7, 11) is 0. The summed E-state index contributed by atoms with van der Waals surface area (Å²) in [6, 6.07) is 6.46. The first kappa shape index (κ1) is 27.8. The molecule has 216 valence electrons. The van der Waals surface area contributed by atoms with Crippen molar-refractivity contribution < 1.29 is 4.39 Å². The van der Waals surface area contributed by atoms with Gasteiger partial charge < -0.3 is 0 Å². The average Bonchev–Trinajstić information content (AvgIpc) is 3.57. The second kappa shape index (κ2) is 10.2. The Kier molecular flexibility index (Phi) is 7.07. The number of hydrogen-bond donors (Lipinski definition) is 1. The van der Waals surface area contributed by atoms with Crippen molar-refractivity contribution in [2.24, 2.45) is 16.7 Å². The molecule has 3 saturated carbocycles. The monoisotopic (exact) mass is 612 g/mol. The number of nitrogens with zero attached hydrogens (tertiary/aromatic N) is 3. The highest BCUT2D eigenvalue weighted by atomic mass is 79.9. The molecule has 3 atom stereocenters. The quantitative estimate of drug-likeness (QED) is 0.315. The van der Waals surface area contributed by atoms with Gasteiger partial charge in [-0.1, -0.05) is 36.7 Å². The summed E-state index contributed by atoms with van der Waals surface area (Å²) in [6.07, 6.45) is 10.4. The molecule has 3 fully saturated rings. The molecule has 4 aliphatic rings. The second-order valence-electron chi connectivity index (χ2n) is 13.2. The van der Waals surface area contributed by atoms with Crippen LogP contribution in [0.2, 0.25) is 0 Å². The van der Waals surface area contributed by atoms with Gasteiger partial charge in [-0.3, -0.25) is 19.4 Å². The Labute approximate surface area is 244 Å². The molecule has 0 aliphatic heterocycles. The Morgan fingerprint density at radius 1 is 1.02 bits per heavy atom. The van der Waals surface area contributed by atoms with E-state index < -0.39 is 0 Å². The maximum absolute atomic E-state index is 13.1. The molecule has 2 aromatic heterocycles. The van der Waals surface area contributed by atoms with Crippen molar-refractivity contribution in [3.63, 3.8) is 0 Å². The number of aryl methyl sites for hydroxylation is 1. The Morgan fingerprint density at radius 3 is 2.27 bits per heavy atom. The van der Waals surface area contributed by atoms with Gasteiger partial charge in [0.05, 0.1) is 17.4 Å². The summed E-state index contributed by atoms with van der Waals surface area (Å²) < 4.78 is 18.8. The van der Waals surface area contributed by atoms with Crippen LogP contribution in [0.25, 0.3) is 5.69 Å². The van der Waals surface area contributed by atoms with Crippen molar-refractivity contribution >= 4 is 15.9 Å². The molecule has 2 heterocycles. The summed E-state index contributed by atoms with van der Waals surface area (Å²) >= 11 is 3.49. The van der Waals surface area contributed by atoms with E-state index in [4.69, 9.17) is 0 Å². The van der Waals surface area contributed by atoms with Crippen molar-refractivity contribution in [1.82, 2.24) is 19.1 Å². The third kappa shape index (κ3) is 4.23. The van der Waals surface area contributed by atoms with Crippen LogP contribution < -0.4 is 11.1 Å². The average molecular weight is 614 g/mol. The number of halogens is 2. The van der Waals surface area contributed by atoms with Gasteiger partial charge in [-0.05, 0) is 112 Å². The van der Waals surface area contributed by atoms with Crippen LogP contribution in [-0.4, -0.2) is 19.1 Å². The SMILES string of the molecule is CC1(C)C2CCC1(C)C(n1[nH]c3c(c1=O)CCCC3)C2.CCn1c(CBr)c(C2CC2)c(=O)n1-c1ccc(F)cc1. The van der Waals surface area contributed by atoms with E-state index in [9.17, 15) is 14.0 Å². The van der Waals surface area contributed by atoms with E-state index in [0.717, 1.165) is 48.4 Å². The van der Waals surface area contributed by atoms with Gasteiger partial charge in [0.15, 0.2) is 0 Å². The lowest BCUT2D eigenvalue weighted by atomic mass is 9.69. The van der Waals surface area contributed by atoms with Crippen LogP contribution in [0.15, 0.2) is 33.9 Å². The fourth-order valence-electron chi connectivity index (χ4n) is 8.08. The molecule has 2 bridgehead atoms. The van der Waals surface area contributed by atoms with Gasteiger partial charge in [-0.2, -0.15) is 0 Å². The van der Waals surface area contributed by atoms with E-state index in [2.05, 4.69) is 41.8 Å². The second-order valence-corrected chi connectivity index (χ2v) is 13.7. The number of rotatable bonds is 5. The van der Waals surface area contributed by atoms with Crippen LogP contribution >= 0.6 is 15.9 Å². The molecule has 4 aliphatic carbocycles. The van der Waals surface area contributed by atoms with Crippen LogP contribution in [0, 0.1) is 22.6 Å². The van der Waals surface area contributed by atoms with E-state index >= 15 is 0 Å². The number of aromatic nitrogens is 4. The fraction of sp³-hybridized carbons (Fsp3) is 0.625. The maximum Gasteiger partial charge on any atom is 0.275 e. The third-order valence-electron chi connectivity index (χ3n) is 11.0. The molecule has 1 aromatic carbocycles. The van der Waals surface area contributed by atoms with Crippen molar-refractivity contribution in [1.29, 1.82) is 0 Å². The van der Waals surface area contributed by atoms with Crippen LogP contribution in [0.3, 0.4) is 0 Å². The lowest BCUT2D eigenvalue weighted by Crippen LogP contribution is -2.37. The lowest BCUT2D eigenvalue weighted by Gasteiger charge is -2.39. The summed E-state index contributed by atoms with van der Waals surface area (Å²) in [5.74, 6) is 0.888. The normalized spacial score (nSPS) is 26.4. The number of benzene rings is 1. The summed E-state index contributed by atoms with van der Waals surface area (Å²) in [5, 5.41) is 4.16. The molecular weight excluding hydrogens is 571 g/mol. The highest BCUT2D eigenvalue weighted by Gasteiger charge is 2.62. The van der Waals surface area contributed by atoms with Gasteiger partial charge in [-0.15, -0.1) is 0 Å². The first-order chi connectivity index (χ1) is 19.1. The van der Waals surface area contributed by atoms with E-state index in [1.54, 1.807) is 16.8 Å². The van der Waals surface area contributed by atoms with Gasteiger partial charge in [0, 0.05) is 28.7 Å². The largest absolute Gasteiger partial charge is 0.299 e. The van der Waals surface area contributed by atoms with Gasteiger partial charge in [0.1, 0.15) is 5.82 Å². The van der Waals surface area contributed by atoms with Crippen LogP contribution in [-0.2, 0) is 24.7 Å². The number of H-pyrrole nitrogens is 1. The lowest BCUT2D eigenvalue weighted by molar-refractivity contribution is 0.0990. The molecule has 0 spiro atoms. The molecule has 6 nitrogen and oxygen atoms in total. The van der Waals surface area contributed by atoms with Crippen LogP contribution in [0.1, 0.15) is 107 Å². The van der Waals surface area contributed by atoms with Gasteiger partial charge in [0.2, 0.25) is 0 Å². The minimum absolute atomic E-state index is 0.0374. The highest BCUT2D eigenvalue weighted by molar-refractivity contribution is 9.08. The smallest absolute Gasteiger partial charge is 0.275 e. The van der Waals surface area contributed by atoms with Crippen molar-refractivity contribution in [3.05, 3.63) is 73.3 Å². The first-order valence-corrected chi connectivity index (χ1v) is 16.2. The number of hydrogen-bond acceptors (Lipinski definition) is 2. The molecule has 40 heavy (non-hydrogen) atoms. The van der Waals surface area contributed by atoms with Crippen molar-refractivity contribution in [2.45, 2.75) is 109 Å². The zero-order valence-corrected chi connectivity index (χ0v) is 25.8. The van der Waals surface area contributed by atoms with E-state index in [1.165, 1.54) is 49.9 Å². The van der Waals surface area contributed by atoms with Crippen LogP contribution in [0.5, 0.6) is 0 Å². The van der Waals surface area contributed by atoms with E-state index in [-0.39, 0.29) is 22.4 Å². The van der Waals surface area contributed by atoms with E-state index in [0.29, 0.717) is 34.9 Å². The molecule has 0 amide bonds. The molecule has 0 radical (unpaired) electrons. The predicted octanol–water partition coefficient (Wildman–Crippen LogP) is 7.01. The summed E-state index contributed by atoms with van der Waals surface area (Å²) in [4.78, 5) is 25.5. The fourth-order valence-corrected chi connectivity index (χ4v) is 8.67. The molecule has 3 unspecified atom stereocenters. The molecule has 7 rings (SSSR count). The van der Waals surface area contributed by atoms with E-state index in [1.807, 2.05) is 16.3 Å². The third-order valence-corrected chi connectivity index (χ3v) is 11.6. The van der Waals surface area contributed by atoms with Gasteiger partial charge in [0.25, 0.3) is 11.1 Å². The Hall–Kier alpha value is -2.35. The minimum atomic E-state index is -0.292. The molecular formula is C32H42BrFN4O2. The zero-order valence-electron chi connectivity index (χ0n) is 24.2. The van der Waals surface area contributed by atoms with Gasteiger partial charge >= 0.3 is 0 Å². The standard InChI is InChI=1S/C17H26N2O.C15H16BrFN2O/c1-16(2)11-8-9-17(16,3)14(10-11)19-15(20)12-6-4-5-7-13(12)18-19;1-2-18-13(9-16)14(10-3-4-10)15(20)19(18)12-7-5-11(17)6-8-12/h11,14,18H,4-10H2,1-3H3;5-8,10H,2-4,9H2,1H3. The van der Waals surface area contributed by atoms with Gasteiger partial charge in [-0.25, -0.2) is 13.8 Å². The number of fused-ring (bicyclic) bond motifs is 3. The predicted molar refractivity (Wildman–Crippen MR) is 160 cm³/mol. The Morgan fingerprint density at radius 2 is 1.73 bits per heavy atom. The summed E-state index contributed by atoms with van der Waals surface area (Å²) in [6.45, 7) is 9.97. The molecule has 1 N–H and O–H groups in total. The van der Waals surface area contributed by atoms with Crippen LogP contribution in [0.4, 0.5) is 4.39 Å². The Balaban J connectivity index is 0.000000145. The van der Waals surface area contributed by atoms with Crippen molar-refractivity contribution in [3.8, 4) is 5.69 Å². The maximum atomic E-state index is 13.1. The highest BCUT2D eigenvalue weighted by Crippen LogP contribution is 2.69. The Bertz CT molecular complexity index is 1520. The molecule has 8 heteroatoms. The number of nitrogens with one attached hydrogen (secondary N) is 1. The minimum Gasteiger partial charge on any atom is -0.299 e. The number of alkyl halides is 1. The number of aromatic amines is 1. The first-order valence-electron chi connectivity index (χ1n) is 15.1. The topological polar surface area (TPSA) is 64.7 Å². The zero-order chi connectivity index (χ0) is 28.4. The molecule has 3 aromatic rings. The molecule has 0 saturated heterocycles. The summed E-state index contributed by atoms with van der Waals surface area (Å²) in [5.41, 5.74) is 5.96. The van der Waals surface area contributed by atoms with Crippen molar-refractivity contribution in [2.75, 3.05) is 0 Å².